The van der Waals surface area contributed by atoms with Gasteiger partial charge in [-0.15, -0.1) is 0 Å². The fourth-order valence-corrected chi connectivity index (χ4v) is 0.586. The summed E-state index contributed by atoms with van der Waals surface area (Å²) in [7, 11) is 0. The fourth-order valence-electron chi connectivity index (χ4n) is 0.586. The zero-order valence-corrected chi connectivity index (χ0v) is 6.22. The Morgan fingerprint density at radius 3 is 2.00 bits per heavy atom. The maximum atomic E-state index is 10.4. The van der Waals surface area contributed by atoms with Crippen molar-refractivity contribution in [3.63, 3.8) is 0 Å². The van der Waals surface area contributed by atoms with Gasteiger partial charge in [-0.05, 0) is 13.8 Å². The maximum absolute atomic E-state index is 10.4. The Balaban J connectivity index is 4.13. The maximum Gasteiger partial charge on any atom is 0.309 e. The molecule has 3 heteroatoms. The average molecular weight is 144 g/mol. The Bertz CT molecular complexity index is 158. The lowest BCUT2D eigenvalue weighted by Crippen LogP contribution is -2.23. The molecule has 10 heavy (non-hydrogen) atoms. The van der Waals surface area contributed by atoms with E-state index in [1.807, 2.05) is 0 Å². The minimum Gasteiger partial charge on any atom is -0.513 e. The SMILES string of the molecule is C=C(O)CC(C)(C)C(=O)O. The van der Waals surface area contributed by atoms with E-state index in [9.17, 15) is 4.79 Å². The van der Waals surface area contributed by atoms with Crippen LogP contribution in [0.4, 0.5) is 0 Å². The molecular weight excluding hydrogens is 132 g/mol. The molecule has 0 radical (unpaired) electrons. The predicted octanol–water partition coefficient (Wildman–Crippen LogP) is 1.56. The lowest BCUT2D eigenvalue weighted by molar-refractivity contribution is -0.147. The number of carboxylic acids is 1. The third kappa shape index (κ3) is 2.53. The van der Waals surface area contributed by atoms with Crippen molar-refractivity contribution in [2.75, 3.05) is 0 Å². The van der Waals surface area contributed by atoms with Gasteiger partial charge in [0.25, 0.3) is 0 Å². The number of aliphatic hydroxyl groups excluding tert-OH is 1. The van der Waals surface area contributed by atoms with Gasteiger partial charge in [0.2, 0.25) is 0 Å². The summed E-state index contributed by atoms with van der Waals surface area (Å²) in [6.07, 6.45) is 0.0995. The van der Waals surface area contributed by atoms with Crippen LogP contribution in [0.3, 0.4) is 0 Å². The van der Waals surface area contributed by atoms with E-state index in [-0.39, 0.29) is 12.2 Å². The topological polar surface area (TPSA) is 57.5 Å². The lowest BCUT2D eigenvalue weighted by Gasteiger charge is -2.17. The molecule has 0 aliphatic carbocycles. The van der Waals surface area contributed by atoms with Gasteiger partial charge in [0.15, 0.2) is 0 Å². The summed E-state index contributed by atoms with van der Waals surface area (Å²) < 4.78 is 0. The molecule has 0 aromatic rings. The number of aliphatic hydroxyl groups is 1. The second kappa shape index (κ2) is 2.73. The van der Waals surface area contributed by atoms with E-state index in [0.29, 0.717) is 0 Å². The van der Waals surface area contributed by atoms with Crippen LogP contribution < -0.4 is 0 Å². The monoisotopic (exact) mass is 144 g/mol. The van der Waals surface area contributed by atoms with Crippen LogP contribution in [0.2, 0.25) is 0 Å². The van der Waals surface area contributed by atoms with Crippen LogP contribution in [0.25, 0.3) is 0 Å². The number of rotatable bonds is 3. The zero-order chi connectivity index (χ0) is 8.36. The number of allylic oxidation sites excluding steroid dienone is 1. The molecule has 0 aliphatic rings. The van der Waals surface area contributed by atoms with Gasteiger partial charge in [-0.25, -0.2) is 0 Å². The first kappa shape index (κ1) is 9.01. The number of aliphatic carboxylic acids is 1. The highest BCUT2D eigenvalue weighted by Crippen LogP contribution is 2.22. The lowest BCUT2D eigenvalue weighted by atomic mass is 9.89. The summed E-state index contributed by atoms with van der Waals surface area (Å²) >= 11 is 0. The summed E-state index contributed by atoms with van der Waals surface area (Å²) in [5, 5.41) is 17.2. The van der Waals surface area contributed by atoms with Crippen LogP contribution in [0.5, 0.6) is 0 Å². The molecule has 0 amide bonds. The molecule has 0 unspecified atom stereocenters. The third-order valence-electron chi connectivity index (χ3n) is 1.22. The molecule has 2 N–H and O–H groups in total. The fraction of sp³-hybridized carbons (Fsp3) is 0.571. The van der Waals surface area contributed by atoms with Crippen molar-refractivity contribution in [2.24, 2.45) is 5.41 Å². The number of carboxylic acid groups (broad SMARTS) is 1. The highest BCUT2D eigenvalue weighted by atomic mass is 16.4. The van der Waals surface area contributed by atoms with Crippen LogP contribution in [-0.2, 0) is 4.79 Å². The van der Waals surface area contributed by atoms with Gasteiger partial charge in [-0.3, -0.25) is 4.79 Å². The van der Waals surface area contributed by atoms with Crippen molar-refractivity contribution in [1.29, 1.82) is 0 Å². The van der Waals surface area contributed by atoms with Gasteiger partial charge in [0, 0.05) is 6.42 Å². The summed E-state index contributed by atoms with van der Waals surface area (Å²) in [5.74, 6) is -1.02. The van der Waals surface area contributed by atoms with Crippen molar-refractivity contribution in [1.82, 2.24) is 0 Å². The molecule has 3 nitrogen and oxygen atoms in total. The van der Waals surface area contributed by atoms with Crippen molar-refractivity contribution in [2.45, 2.75) is 20.3 Å². The van der Waals surface area contributed by atoms with Gasteiger partial charge in [0.1, 0.15) is 0 Å². The highest BCUT2D eigenvalue weighted by Gasteiger charge is 2.27. The summed E-state index contributed by atoms with van der Waals surface area (Å²) in [4.78, 5) is 10.4. The Morgan fingerprint density at radius 1 is 1.50 bits per heavy atom. The van der Waals surface area contributed by atoms with E-state index >= 15 is 0 Å². The van der Waals surface area contributed by atoms with Gasteiger partial charge in [-0.1, -0.05) is 6.58 Å². The molecular formula is C7H12O3. The van der Waals surface area contributed by atoms with Crippen molar-refractivity contribution in [3.05, 3.63) is 12.3 Å². The number of hydrogen-bond donors (Lipinski definition) is 2. The van der Waals surface area contributed by atoms with Crippen LogP contribution in [0.1, 0.15) is 20.3 Å². The van der Waals surface area contributed by atoms with E-state index in [4.69, 9.17) is 10.2 Å². The second-order valence-corrected chi connectivity index (χ2v) is 2.93. The minimum absolute atomic E-state index is 0.0904. The highest BCUT2D eigenvalue weighted by molar-refractivity contribution is 5.73. The predicted molar refractivity (Wildman–Crippen MR) is 37.8 cm³/mol. The first-order valence-electron chi connectivity index (χ1n) is 2.96. The molecule has 0 spiro atoms. The van der Waals surface area contributed by atoms with E-state index in [1.54, 1.807) is 0 Å². The molecule has 0 atom stereocenters. The van der Waals surface area contributed by atoms with E-state index in [0.717, 1.165) is 0 Å². The first-order valence-corrected chi connectivity index (χ1v) is 2.96. The first-order chi connectivity index (χ1) is 4.36. The van der Waals surface area contributed by atoms with Crippen molar-refractivity contribution < 1.29 is 15.0 Å². The van der Waals surface area contributed by atoms with E-state index in [1.165, 1.54) is 13.8 Å². The Hall–Kier alpha value is -0.990. The molecule has 0 fully saturated rings. The summed E-state index contributed by atoms with van der Waals surface area (Å²) in [5.41, 5.74) is -0.911. The van der Waals surface area contributed by atoms with E-state index < -0.39 is 11.4 Å². The summed E-state index contributed by atoms with van der Waals surface area (Å²) in [6, 6.07) is 0. The van der Waals surface area contributed by atoms with Crippen LogP contribution in [0, 0.1) is 5.41 Å². The quantitative estimate of drug-likeness (QED) is 0.591. The van der Waals surface area contributed by atoms with Gasteiger partial charge < -0.3 is 10.2 Å². The number of carbonyl (C=O) groups is 1. The molecule has 0 aromatic carbocycles. The molecule has 0 saturated heterocycles. The Kier molecular flexibility index (Phi) is 2.46. The Labute approximate surface area is 60.0 Å². The molecule has 0 rings (SSSR count). The van der Waals surface area contributed by atoms with Gasteiger partial charge in [-0.2, -0.15) is 0 Å². The molecule has 58 valence electrons. The standard InChI is InChI=1S/C7H12O3/c1-5(8)4-7(2,3)6(9)10/h8H,1,4H2,2-3H3,(H,9,10). The molecule has 0 heterocycles. The van der Waals surface area contributed by atoms with Crippen LogP contribution in [-0.4, -0.2) is 16.2 Å². The van der Waals surface area contributed by atoms with Crippen molar-refractivity contribution in [3.8, 4) is 0 Å². The summed E-state index contributed by atoms with van der Waals surface area (Å²) in [6.45, 7) is 6.29. The molecule has 0 bridgehead atoms. The smallest absolute Gasteiger partial charge is 0.309 e. The minimum atomic E-state index is -0.928. The second-order valence-electron chi connectivity index (χ2n) is 2.93. The van der Waals surface area contributed by atoms with Crippen LogP contribution in [0.15, 0.2) is 12.3 Å². The Morgan fingerprint density at radius 2 is 1.90 bits per heavy atom. The van der Waals surface area contributed by atoms with Crippen LogP contribution >= 0.6 is 0 Å². The molecule has 0 aliphatic heterocycles. The van der Waals surface area contributed by atoms with Crippen molar-refractivity contribution >= 4 is 5.97 Å². The largest absolute Gasteiger partial charge is 0.513 e. The average Bonchev–Trinajstić information content (AvgIpc) is 1.60. The number of hydrogen-bond acceptors (Lipinski definition) is 2. The van der Waals surface area contributed by atoms with Gasteiger partial charge >= 0.3 is 5.97 Å². The third-order valence-corrected chi connectivity index (χ3v) is 1.22. The van der Waals surface area contributed by atoms with E-state index in [2.05, 4.69) is 6.58 Å². The zero-order valence-electron chi connectivity index (χ0n) is 6.22. The normalized spacial score (nSPS) is 11.0. The van der Waals surface area contributed by atoms with Gasteiger partial charge in [0.05, 0.1) is 11.2 Å². The molecule has 0 saturated carbocycles. The molecule has 0 aromatic heterocycles.